The van der Waals surface area contributed by atoms with E-state index in [1.54, 1.807) is 0 Å². The van der Waals surface area contributed by atoms with E-state index in [0.717, 1.165) is 38.8 Å². The van der Waals surface area contributed by atoms with Crippen LogP contribution in [0.2, 0.25) is 0 Å². The van der Waals surface area contributed by atoms with Crippen molar-refractivity contribution in [2.45, 2.75) is 57.1 Å². The van der Waals surface area contributed by atoms with Crippen molar-refractivity contribution in [2.24, 2.45) is 23.5 Å². The van der Waals surface area contributed by atoms with Gasteiger partial charge in [0.1, 0.15) is 0 Å². The third-order valence-corrected chi connectivity index (χ3v) is 5.64. The van der Waals surface area contributed by atoms with Crippen molar-refractivity contribution in [2.75, 3.05) is 20.2 Å². The number of likely N-dealkylation sites (N-methyl/N-ethyl adjacent to an activating group) is 1. The number of nitrogens with zero attached hydrogens (tertiary/aromatic N) is 1. The Morgan fingerprint density at radius 3 is 2.43 bits per heavy atom. The fourth-order valence-corrected chi connectivity index (χ4v) is 4.49. The largest absolute Gasteiger partial charge is 0.376 e. The molecule has 0 spiro atoms. The van der Waals surface area contributed by atoms with E-state index in [4.69, 9.17) is 10.5 Å². The maximum atomic E-state index is 12.7. The zero-order chi connectivity index (χ0) is 14.1. The molecular formula is C16H29ClN2O2. The smallest absolute Gasteiger partial charge is 0.225 e. The highest BCUT2D eigenvalue weighted by atomic mass is 35.5. The Bertz CT molecular complexity index is 346. The van der Waals surface area contributed by atoms with Gasteiger partial charge in [-0.25, -0.2) is 0 Å². The zero-order valence-corrected chi connectivity index (χ0v) is 13.8. The van der Waals surface area contributed by atoms with Crippen LogP contribution in [0.4, 0.5) is 0 Å². The van der Waals surface area contributed by atoms with E-state index in [1.807, 2.05) is 11.9 Å². The van der Waals surface area contributed by atoms with E-state index >= 15 is 0 Å². The number of amides is 1. The molecular weight excluding hydrogens is 288 g/mol. The predicted octanol–water partition coefficient (Wildman–Crippen LogP) is 2.20. The molecule has 0 radical (unpaired) electrons. The summed E-state index contributed by atoms with van der Waals surface area (Å²) in [7, 11) is 1.94. The van der Waals surface area contributed by atoms with Crippen LogP contribution >= 0.6 is 12.4 Å². The standard InChI is InChI=1S/C16H28N2O2.ClH/c1-18(10-14-6-3-7-20-14)16(19)13-8-11-4-2-5-12(9-13)15(11)17;/h11-15H,2-10,17H2,1H3;1H. The highest BCUT2D eigenvalue weighted by Crippen LogP contribution is 2.42. The van der Waals surface area contributed by atoms with E-state index in [-0.39, 0.29) is 24.4 Å². The van der Waals surface area contributed by atoms with Crippen LogP contribution < -0.4 is 5.73 Å². The summed E-state index contributed by atoms with van der Waals surface area (Å²) in [6, 6.07) is 0.344. The van der Waals surface area contributed by atoms with E-state index in [0.29, 0.717) is 23.8 Å². The number of carbonyl (C=O) groups excluding carboxylic acids is 1. The van der Waals surface area contributed by atoms with Gasteiger partial charge < -0.3 is 15.4 Å². The van der Waals surface area contributed by atoms with Crippen LogP contribution in [0, 0.1) is 17.8 Å². The summed E-state index contributed by atoms with van der Waals surface area (Å²) in [5.41, 5.74) is 6.31. The summed E-state index contributed by atoms with van der Waals surface area (Å²) >= 11 is 0. The quantitative estimate of drug-likeness (QED) is 0.868. The van der Waals surface area contributed by atoms with Gasteiger partial charge in [0.2, 0.25) is 5.91 Å². The number of rotatable bonds is 3. The first-order chi connectivity index (χ1) is 9.65. The van der Waals surface area contributed by atoms with Gasteiger partial charge >= 0.3 is 0 Å². The third-order valence-electron chi connectivity index (χ3n) is 5.64. The molecule has 2 bridgehead atoms. The number of ether oxygens (including phenoxy) is 1. The molecule has 3 unspecified atom stereocenters. The molecule has 0 aromatic heterocycles. The van der Waals surface area contributed by atoms with Crippen molar-refractivity contribution in [1.82, 2.24) is 4.90 Å². The van der Waals surface area contributed by atoms with Gasteiger partial charge in [-0.3, -0.25) is 4.79 Å². The van der Waals surface area contributed by atoms with Crippen LogP contribution in [-0.2, 0) is 9.53 Å². The Morgan fingerprint density at radius 2 is 1.86 bits per heavy atom. The second-order valence-electron chi connectivity index (χ2n) is 7.05. The van der Waals surface area contributed by atoms with Crippen LogP contribution in [-0.4, -0.2) is 43.2 Å². The van der Waals surface area contributed by atoms with Crippen molar-refractivity contribution in [3.05, 3.63) is 0 Å². The van der Waals surface area contributed by atoms with Gasteiger partial charge in [-0.2, -0.15) is 0 Å². The van der Waals surface area contributed by atoms with Crippen molar-refractivity contribution in [3.8, 4) is 0 Å². The fraction of sp³-hybridized carbons (Fsp3) is 0.938. The van der Waals surface area contributed by atoms with Gasteiger partial charge in [-0.05, 0) is 50.4 Å². The summed E-state index contributed by atoms with van der Waals surface area (Å²) in [5.74, 6) is 1.68. The number of hydrogen-bond donors (Lipinski definition) is 1. The molecule has 1 amide bonds. The molecule has 1 aliphatic heterocycles. The first kappa shape index (κ1) is 17.0. The van der Waals surface area contributed by atoms with E-state index < -0.39 is 0 Å². The number of carbonyl (C=O) groups is 1. The summed E-state index contributed by atoms with van der Waals surface area (Å²) in [6.07, 6.45) is 8.24. The Kier molecular flexibility index (Phi) is 5.92. The van der Waals surface area contributed by atoms with Gasteiger partial charge in [0, 0.05) is 32.2 Å². The molecule has 122 valence electrons. The minimum Gasteiger partial charge on any atom is -0.376 e. The van der Waals surface area contributed by atoms with E-state index in [2.05, 4.69) is 0 Å². The van der Waals surface area contributed by atoms with Crippen LogP contribution in [0.25, 0.3) is 0 Å². The fourth-order valence-electron chi connectivity index (χ4n) is 4.49. The monoisotopic (exact) mass is 316 g/mol. The van der Waals surface area contributed by atoms with Crippen LogP contribution in [0.15, 0.2) is 0 Å². The van der Waals surface area contributed by atoms with E-state index in [9.17, 15) is 4.79 Å². The van der Waals surface area contributed by atoms with Gasteiger partial charge in [-0.1, -0.05) is 6.42 Å². The molecule has 2 aliphatic carbocycles. The Labute approximate surface area is 134 Å². The summed E-state index contributed by atoms with van der Waals surface area (Å²) < 4.78 is 5.64. The van der Waals surface area contributed by atoms with Gasteiger partial charge in [0.05, 0.1) is 6.10 Å². The number of hydrogen-bond acceptors (Lipinski definition) is 3. The molecule has 3 fully saturated rings. The van der Waals surface area contributed by atoms with Crippen LogP contribution in [0.3, 0.4) is 0 Å². The minimum atomic E-state index is 0. The predicted molar refractivity (Wildman–Crippen MR) is 85.4 cm³/mol. The Hall–Kier alpha value is -0.320. The van der Waals surface area contributed by atoms with Crippen molar-refractivity contribution < 1.29 is 9.53 Å². The molecule has 2 saturated carbocycles. The molecule has 0 aromatic rings. The van der Waals surface area contributed by atoms with Gasteiger partial charge in [0.25, 0.3) is 0 Å². The SMILES string of the molecule is CN(CC1CCCO1)C(=O)C1CC2CCCC(C1)C2N.Cl. The molecule has 1 heterocycles. The summed E-state index contributed by atoms with van der Waals surface area (Å²) in [5, 5.41) is 0. The highest BCUT2D eigenvalue weighted by Gasteiger charge is 2.41. The topological polar surface area (TPSA) is 55.6 Å². The number of nitrogens with two attached hydrogens (primary N) is 1. The van der Waals surface area contributed by atoms with Crippen molar-refractivity contribution >= 4 is 18.3 Å². The van der Waals surface area contributed by atoms with Gasteiger partial charge in [-0.15, -0.1) is 12.4 Å². The second-order valence-corrected chi connectivity index (χ2v) is 7.05. The lowest BCUT2D eigenvalue weighted by Crippen LogP contribution is -2.49. The second kappa shape index (κ2) is 7.30. The van der Waals surface area contributed by atoms with Crippen LogP contribution in [0.5, 0.6) is 0 Å². The number of halogens is 1. The molecule has 3 aliphatic rings. The summed E-state index contributed by atoms with van der Waals surface area (Å²) in [4.78, 5) is 14.6. The Balaban J connectivity index is 0.00000161. The lowest BCUT2D eigenvalue weighted by Gasteiger charge is -2.44. The van der Waals surface area contributed by atoms with Crippen molar-refractivity contribution in [3.63, 3.8) is 0 Å². The molecule has 3 atom stereocenters. The normalized spacial score (nSPS) is 38.7. The third kappa shape index (κ3) is 3.72. The Morgan fingerprint density at radius 1 is 1.19 bits per heavy atom. The maximum Gasteiger partial charge on any atom is 0.225 e. The number of fused-ring (bicyclic) bond motifs is 2. The molecule has 2 N–H and O–H groups in total. The van der Waals surface area contributed by atoms with Crippen LogP contribution in [0.1, 0.15) is 44.9 Å². The van der Waals surface area contributed by atoms with Crippen molar-refractivity contribution in [1.29, 1.82) is 0 Å². The first-order valence-electron chi connectivity index (χ1n) is 8.27. The molecule has 3 rings (SSSR count). The molecule has 21 heavy (non-hydrogen) atoms. The lowest BCUT2D eigenvalue weighted by molar-refractivity contribution is -0.138. The van der Waals surface area contributed by atoms with E-state index in [1.165, 1.54) is 19.3 Å². The molecule has 0 aromatic carbocycles. The average Bonchev–Trinajstić information content (AvgIpc) is 2.90. The molecule has 4 nitrogen and oxygen atoms in total. The molecule has 5 heteroatoms. The highest BCUT2D eigenvalue weighted by molar-refractivity contribution is 5.85. The first-order valence-corrected chi connectivity index (χ1v) is 8.27. The van der Waals surface area contributed by atoms with Gasteiger partial charge in [0.15, 0.2) is 0 Å². The average molecular weight is 317 g/mol. The maximum absolute atomic E-state index is 12.7. The minimum absolute atomic E-state index is 0. The zero-order valence-electron chi connectivity index (χ0n) is 13.0. The lowest BCUT2D eigenvalue weighted by atomic mass is 9.65. The summed E-state index contributed by atoms with van der Waals surface area (Å²) in [6.45, 7) is 1.62. The molecule has 1 saturated heterocycles.